The van der Waals surface area contributed by atoms with Gasteiger partial charge < -0.3 is 18.9 Å². The van der Waals surface area contributed by atoms with Gasteiger partial charge in [-0.1, -0.05) is 6.39 Å². The van der Waals surface area contributed by atoms with E-state index in [4.69, 9.17) is 71.0 Å². The van der Waals surface area contributed by atoms with E-state index in [0.717, 1.165) is 3.43 Å². The molecule has 0 bridgehead atoms. The minimum Gasteiger partial charge on any atom is -0.690 e. The molecule has 69 valence electrons. The fraction of sp³-hybridized carbons (Fsp3) is 0. The summed E-state index contributed by atoms with van der Waals surface area (Å²) >= 11 is 1.74. The molecule has 0 aliphatic carbocycles. The summed E-state index contributed by atoms with van der Waals surface area (Å²) in [5.41, 5.74) is 0. The lowest BCUT2D eigenvalue weighted by molar-refractivity contribution is 1.79. The van der Waals surface area contributed by atoms with E-state index in [1.54, 1.807) is 22.9 Å². The van der Waals surface area contributed by atoms with Gasteiger partial charge in [0.05, 0.1) is 0 Å². The van der Waals surface area contributed by atoms with E-state index in [-0.39, 0.29) is 0 Å². The fourth-order valence-corrected chi connectivity index (χ4v) is 3.07. The third-order valence-electron chi connectivity index (χ3n) is 3.35. The molecule has 0 aromatic heterocycles. The van der Waals surface area contributed by atoms with E-state index < -0.39 is 51.3 Å². The van der Waals surface area contributed by atoms with Crippen molar-refractivity contribution in [1.29, 1.82) is 0 Å². The third-order valence-corrected chi connectivity index (χ3v) is 3.99. The molecule has 0 aromatic rings. The molecule has 0 saturated heterocycles. The van der Waals surface area contributed by atoms with E-state index in [1.807, 2.05) is 0 Å². The summed E-state index contributed by atoms with van der Waals surface area (Å²) in [5, 5.41) is 0. The first-order chi connectivity index (χ1) is 9.56. The summed E-state index contributed by atoms with van der Waals surface area (Å²) in [5.74, 6) is 0. The zero-order chi connectivity index (χ0) is 16.9. The van der Waals surface area contributed by atoms with Gasteiger partial charge in [0.1, 0.15) is 8.04 Å². The molecular formula is HB18IN-2. The lowest BCUT2D eigenvalue weighted by Crippen LogP contribution is -2.79. The van der Waals surface area contributed by atoms with Gasteiger partial charge in [-0.3, -0.25) is 7.06 Å². The van der Waals surface area contributed by atoms with Crippen molar-refractivity contribution < 1.29 is 1.41 Å². The topological polar surface area (TPSA) is 12.0 Å². The SMILES string of the molecule is [3H]N(I)B(B(B([B])[B])B([B])[B])B(B([B])[B])B([B][B-])B([B])[B-]. The molecule has 0 saturated carbocycles. The number of hydrogen-bond donors (Lipinski definition) is 1. The highest BCUT2D eigenvalue weighted by molar-refractivity contribution is 14.1. The second-order valence-electron chi connectivity index (χ2n) is 4.82. The van der Waals surface area contributed by atoms with Gasteiger partial charge in [-0.2, -0.15) is 0 Å². The predicted octanol–water partition coefficient (Wildman–Crippen LogP) is -6.46. The molecule has 0 unspecified atom stereocenters. The van der Waals surface area contributed by atoms with Crippen molar-refractivity contribution >= 4 is 151 Å². The van der Waals surface area contributed by atoms with Crippen molar-refractivity contribution in [2.24, 2.45) is 0 Å². The minimum absolute atomic E-state index is 0.572. The van der Waals surface area contributed by atoms with Crippen LogP contribution in [-0.4, -0.2) is 128 Å². The van der Waals surface area contributed by atoms with Crippen molar-refractivity contribution in [3.8, 4) is 0 Å². The second kappa shape index (κ2) is 10.6. The average Bonchev–Trinajstić information content (AvgIpc) is 2.30. The average molecular weight is 339 g/mol. The molecule has 1 nitrogen and oxygen atoms in total. The Morgan fingerprint density at radius 2 is 1.35 bits per heavy atom. The Kier molecular flexibility index (Phi) is 10.5. The van der Waals surface area contributed by atoms with E-state index >= 15 is 0 Å². The molecule has 0 aromatic carbocycles. The summed E-state index contributed by atoms with van der Waals surface area (Å²) in [6.07, 6.45) is -5.32. The molecule has 21 radical (unpaired) electrons. The third kappa shape index (κ3) is 6.16. The van der Waals surface area contributed by atoms with Crippen LogP contribution in [0.3, 0.4) is 0 Å². The molecule has 0 amide bonds. The maximum atomic E-state index is 7.94. The summed E-state index contributed by atoms with van der Waals surface area (Å²) < 4.78 is 9.02. The van der Waals surface area contributed by atoms with Gasteiger partial charge in [-0.15, -0.1) is 0 Å². The highest BCUT2D eigenvalue weighted by Gasteiger charge is 2.41. The van der Waals surface area contributed by atoms with Crippen LogP contribution in [0.4, 0.5) is 0 Å². The molecule has 20 heteroatoms. The Morgan fingerprint density at radius 1 is 0.950 bits per heavy atom. The lowest BCUT2D eigenvalue weighted by atomic mass is 8.46. The van der Waals surface area contributed by atoms with Crippen LogP contribution in [-0.2, 0) is 0 Å². The molecule has 1 N–H and O–H groups in total. The van der Waals surface area contributed by atoms with E-state index in [2.05, 4.69) is 0 Å². The Hall–Kier alpha value is 1.86. The molecule has 0 aliphatic rings. The Bertz CT molecular complexity index is 268. The smallest absolute Gasteiger partial charge is 0.129 e. The lowest BCUT2D eigenvalue weighted by Gasteiger charge is -2.45. The maximum Gasteiger partial charge on any atom is 0.129 e. The first kappa shape index (κ1) is 19.9. The first-order valence-corrected chi connectivity index (χ1v) is 7.06. The van der Waals surface area contributed by atoms with Gasteiger partial charge in [0.2, 0.25) is 0 Å². The van der Waals surface area contributed by atoms with Crippen LogP contribution in [0.25, 0.3) is 0 Å². The Balaban J connectivity index is 5.73. The normalized spacial score (nSPS) is 10.3. The van der Waals surface area contributed by atoms with Crippen molar-refractivity contribution in [3.63, 3.8) is 0 Å². The van der Waals surface area contributed by atoms with Gasteiger partial charge in [-0.05, 0) is 7.74 Å². The second-order valence-corrected chi connectivity index (χ2v) is 5.38. The van der Waals surface area contributed by atoms with Crippen molar-refractivity contribution in [1.82, 2.24) is 3.43 Å². The molecule has 20 heavy (non-hydrogen) atoms. The summed E-state index contributed by atoms with van der Waals surface area (Å²) in [6.45, 7) is -0.690. The number of halogens is 1. The summed E-state index contributed by atoms with van der Waals surface area (Å²) in [6, 6.07) is 0. The molecule has 0 rings (SSSR count). The van der Waals surface area contributed by atoms with Gasteiger partial charge >= 0.3 is 0 Å². The molecule has 0 spiro atoms. The van der Waals surface area contributed by atoms with E-state index in [9.17, 15) is 0 Å². The highest BCUT2D eigenvalue weighted by atomic mass is 127. The quantitative estimate of drug-likeness (QED) is 0.251. The van der Waals surface area contributed by atoms with Crippen molar-refractivity contribution in [2.75, 3.05) is 0 Å². The van der Waals surface area contributed by atoms with Crippen molar-refractivity contribution in [3.05, 3.63) is 0 Å². The largest absolute Gasteiger partial charge is 0.690 e. The highest BCUT2D eigenvalue weighted by Crippen LogP contribution is 2.04. The zero-order valence-electron chi connectivity index (χ0n) is 12.2. The number of nitrogens with one attached hydrogen (secondary N) is 1. The monoisotopic (exact) mass is 342 g/mol. The van der Waals surface area contributed by atoms with Crippen LogP contribution in [0, 0.1) is 0 Å². The van der Waals surface area contributed by atoms with E-state index in [0.29, 0.717) is 0 Å². The molecular weight excluding hydrogens is 336 g/mol. The van der Waals surface area contributed by atoms with Crippen LogP contribution < -0.4 is 3.43 Å². The molecule has 0 aliphatic heterocycles. The van der Waals surface area contributed by atoms with Gasteiger partial charge in [-0.25, -0.2) is 6.39 Å². The Morgan fingerprint density at radius 3 is 1.55 bits per heavy atom. The van der Waals surface area contributed by atoms with Crippen LogP contribution in [0.5, 0.6) is 0 Å². The molecule has 0 fully saturated rings. The minimum atomic E-state index is -0.883. The standard InChI is InChI=1S/B18HIN/c1-10-15(11(2)3)17(14(8)9)18(20-19)16(12(4)5)13(6)7/h20H/q-2/i/hT. The van der Waals surface area contributed by atoms with Crippen LogP contribution in [0.1, 0.15) is 0 Å². The van der Waals surface area contributed by atoms with Crippen molar-refractivity contribution in [2.45, 2.75) is 0 Å². The Labute approximate surface area is 155 Å². The van der Waals surface area contributed by atoms with Gasteiger partial charge in [0.15, 0.2) is 0 Å². The van der Waals surface area contributed by atoms with Crippen LogP contribution in [0.15, 0.2) is 0 Å². The predicted molar refractivity (Wildman–Crippen MR) is 121 cm³/mol. The molecule has 0 atom stereocenters. The summed E-state index contributed by atoms with van der Waals surface area (Å²) in [4.78, 5) is 0. The first-order valence-electron chi connectivity index (χ1n) is 6.54. The van der Waals surface area contributed by atoms with Crippen LogP contribution in [0.2, 0.25) is 1.41 Å². The number of rotatable bonds is 9. The number of hydrogen-bond acceptors (Lipinski definition) is 1. The van der Waals surface area contributed by atoms with Gasteiger partial charge in [0, 0.05) is 101 Å². The maximum absolute atomic E-state index is 7.94. The van der Waals surface area contributed by atoms with Crippen LogP contribution >= 0.6 is 22.9 Å². The fourth-order valence-electron chi connectivity index (χ4n) is 2.32. The van der Waals surface area contributed by atoms with Gasteiger partial charge in [0.25, 0.3) is 0 Å². The van der Waals surface area contributed by atoms with E-state index in [1.165, 1.54) is 7.06 Å². The summed E-state index contributed by atoms with van der Waals surface area (Å²) in [7, 11) is 53.0. The zero-order valence-corrected chi connectivity index (χ0v) is 13.4. The molecule has 0 heterocycles.